The van der Waals surface area contributed by atoms with E-state index in [0.29, 0.717) is 16.5 Å². The molecule has 1 amide bonds. The minimum Gasteiger partial charge on any atom is -0.485 e. The van der Waals surface area contributed by atoms with Crippen LogP contribution in [-0.4, -0.2) is 29.4 Å². The predicted octanol–water partition coefficient (Wildman–Crippen LogP) is 4.04. The van der Waals surface area contributed by atoms with Crippen molar-refractivity contribution in [1.29, 1.82) is 0 Å². The molecule has 29 heavy (non-hydrogen) atoms. The van der Waals surface area contributed by atoms with Crippen LogP contribution in [0.5, 0.6) is 11.5 Å². The van der Waals surface area contributed by atoms with E-state index in [-0.39, 0.29) is 12.5 Å². The summed E-state index contributed by atoms with van der Waals surface area (Å²) < 4.78 is 13.3. The van der Waals surface area contributed by atoms with Crippen LogP contribution in [-0.2, 0) is 4.79 Å². The molecule has 1 aliphatic rings. The van der Waals surface area contributed by atoms with Gasteiger partial charge in [0.05, 0.1) is 16.9 Å². The van der Waals surface area contributed by atoms with Crippen molar-refractivity contribution in [3.05, 3.63) is 76.6 Å². The Labute approximate surface area is 173 Å². The van der Waals surface area contributed by atoms with Gasteiger partial charge in [0.1, 0.15) is 6.61 Å². The van der Waals surface area contributed by atoms with Crippen LogP contribution in [0.15, 0.2) is 59.7 Å². The van der Waals surface area contributed by atoms with Gasteiger partial charge in [-0.2, -0.15) is 5.10 Å². The van der Waals surface area contributed by atoms with Crippen LogP contribution in [0.3, 0.4) is 0 Å². The van der Waals surface area contributed by atoms with Crippen molar-refractivity contribution in [3.8, 4) is 17.2 Å². The summed E-state index contributed by atoms with van der Waals surface area (Å²) >= 11 is 6.34. The Bertz CT molecular complexity index is 1090. The number of hydrogen-bond acceptors (Lipinski definition) is 4. The van der Waals surface area contributed by atoms with Gasteiger partial charge in [-0.1, -0.05) is 35.9 Å². The molecule has 1 N–H and O–H groups in total. The molecule has 0 aliphatic carbocycles. The van der Waals surface area contributed by atoms with Crippen LogP contribution in [0.1, 0.15) is 17.0 Å². The van der Waals surface area contributed by atoms with E-state index in [4.69, 9.17) is 21.1 Å². The normalized spacial score (nSPS) is 15.5. The van der Waals surface area contributed by atoms with Crippen molar-refractivity contribution in [1.82, 2.24) is 9.99 Å². The molecule has 0 saturated heterocycles. The van der Waals surface area contributed by atoms with Gasteiger partial charge in [0.2, 0.25) is 6.10 Å². The third kappa shape index (κ3) is 3.84. The second-order valence-corrected chi connectivity index (χ2v) is 7.12. The Morgan fingerprint density at radius 2 is 1.90 bits per heavy atom. The summed E-state index contributed by atoms with van der Waals surface area (Å²) in [5, 5.41) is 4.77. The topological polar surface area (TPSA) is 64.8 Å². The van der Waals surface area contributed by atoms with Crippen LogP contribution >= 0.6 is 11.6 Å². The number of amides is 1. The lowest BCUT2D eigenvalue weighted by molar-refractivity contribution is -0.130. The number of nitrogens with zero attached hydrogens (tertiary/aromatic N) is 2. The van der Waals surface area contributed by atoms with Gasteiger partial charge in [-0.05, 0) is 44.2 Å². The number of hydrogen-bond donors (Lipinski definition) is 1. The summed E-state index contributed by atoms with van der Waals surface area (Å²) in [6.45, 7) is 4.12. The lowest BCUT2D eigenvalue weighted by Crippen LogP contribution is -2.42. The number of aromatic nitrogens is 1. The summed E-state index contributed by atoms with van der Waals surface area (Å²) in [5.41, 5.74) is 6.30. The maximum absolute atomic E-state index is 12.4. The van der Waals surface area contributed by atoms with Crippen molar-refractivity contribution in [2.75, 3.05) is 6.61 Å². The zero-order chi connectivity index (χ0) is 20.4. The number of halogens is 1. The lowest BCUT2D eigenvalue weighted by Gasteiger charge is -2.24. The maximum Gasteiger partial charge on any atom is 0.284 e. The molecule has 7 heteroatoms. The lowest BCUT2D eigenvalue weighted by atomic mass is 10.2. The molecular weight excluding hydrogens is 390 g/mol. The Kier molecular flexibility index (Phi) is 5.27. The maximum atomic E-state index is 12.4. The third-order valence-corrected chi connectivity index (χ3v) is 5.06. The highest BCUT2D eigenvalue weighted by molar-refractivity contribution is 6.32. The van der Waals surface area contributed by atoms with E-state index in [1.807, 2.05) is 56.3 Å². The van der Waals surface area contributed by atoms with E-state index in [1.54, 1.807) is 18.3 Å². The Morgan fingerprint density at radius 3 is 2.69 bits per heavy atom. The number of benzene rings is 2. The van der Waals surface area contributed by atoms with Crippen LogP contribution < -0.4 is 14.9 Å². The number of aryl methyl sites for hydroxylation is 1. The number of carbonyl (C=O) groups excluding carboxylic acids is 1. The molecule has 3 aromatic rings. The smallest absolute Gasteiger partial charge is 0.284 e. The molecule has 0 bridgehead atoms. The number of hydrazone groups is 1. The van der Waals surface area contributed by atoms with E-state index in [2.05, 4.69) is 15.1 Å². The van der Waals surface area contributed by atoms with Crippen molar-refractivity contribution >= 4 is 23.7 Å². The minimum atomic E-state index is -0.752. The fourth-order valence-corrected chi connectivity index (χ4v) is 3.53. The van der Waals surface area contributed by atoms with Crippen molar-refractivity contribution < 1.29 is 14.3 Å². The standard InChI is InChI=1S/C22H20ClN3O3/c1-14-11-16(15(2)26(14)18-8-4-3-7-17(18)23)12-24-25-22(27)21-13-28-19-9-5-6-10-20(19)29-21/h3-12,21H,13H2,1-2H3,(H,25,27). The van der Waals surface area contributed by atoms with Crippen molar-refractivity contribution in [2.24, 2.45) is 5.10 Å². The van der Waals surface area contributed by atoms with Gasteiger partial charge in [-0.25, -0.2) is 5.43 Å². The Hall–Kier alpha value is -3.25. The number of ether oxygens (including phenoxy) is 2. The molecule has 0 saturated carbocycles. The number of fused-ring (bicyclic) bond motifs is 1. The first-order chi connectivity index (χ1) is 14.0. The molecule has 148 valence electrons. The molecule has 4 rings (SSSR count). The van der Waals surface area contributed by atoms with Gasteiger partial charge in [-0.3, -0.25) is 4.79 Å². The molecule has 0 spiro atoms. The van der Waals surface area contributed by atoms with Gasteiger partial charge in [0.15, 0.2) is 11.5 Å². The number of carbonyl (C=O) groups is 1. The monoisotopic (exact) mass is 409 g/mol. The minimum absolute atomic E-state index is 0.138. The summed E-state index contributed by atoms with van der Waals surface area (Å²) in [6, 6.07) is 16.9. The van der Waals surface area contributed by atoms with Gasteiger partial charge in [0.25, 0.3) is 5.91 Å². The van der Waals surface area contributed by atoms with Gasteiger partial charge < -0.3 is 14.0 Å². The van der Waals surface area contributed by atoms with Crippen molar-refractivity contribution in [2.45, 2.75) is 20.0 Å². The molecule has 1 aliphatic heterocycles. The van der Waals surface area contributed by atoms with E-state index in [0.717, 1.165) is 22.6 Å². The van der Waals surface area contributed by atoms with Gasteiger partial charge in [-0.15, -0.1) is 0 Å². The molecule has 0 fully saturated rings. The summed E-state index contributed by atoms with van der Waals surface area (Å²) in [7, 11) is 0. The van der Waals surface area contributed by atoms with Crippen LogP contribution in [0.4, 0.5) is 0 Å². The molecule has 2 aromatic carbocycles. The zero-order valence-electron chi connectivity index (χ0n) is 16.1. The van der Waals surface area contributed by atoms with E-state index < -0.39 is 6.10 Å². The molecule has 1 atom stereocenters. The first kappa shape index (κ1) is 19.1. The molecule has 6 nitrogen and oxygen atoms in total. The quantitative estimate of drug-likeness (QED) is 0.522. The fourth-order valence-electron chi connectivity index (χ4n) is 3.31. The second kappa shape index (κ2) is 8.01. The summed E-state index contributed by atoms with van der Waals surface area (Å²) in [6.07, 6.45) is 0.864. The second-order valence-electron chi connectivity index (χ2n) is 6.71. The number of nitrogens with one attached hydrogen (secondary N) is 1. The average Bonchev–Trinajstić information content (AvgIpc) is 3.01. The SMILES string of the molecule is Cc1cc(C=NNC(=O)C2COc3ccccc3O2)c(C)n1-c1ccccc1Cl. The first-order valence-corrected chi connectivity index (χ1v) is 9.57. The van der Waals surface area contributed by atoms with Crippen LogP contribution in [0.25, 0.3) is 5.69 Å². The predicted molar refractivity (Wildman–Crippen MR) is 112 cm³/mol. The molecule has 2 heterocycles. The third-order valence-electron chi connectivity index (χ3n) is 4.74. The van der Waals surface area contributed by atoms with E-state index in [9.17, 15) is 4.79 Å². The van der Waals surface area contributed by atoms with E-state index in [1.165, 1.54) is 0 Å². The molecule has 0 radical (unpaired) electrons. The summed E-state index contributed by atoms with van der Waals surface area (Å²) in [5.74, 6) is 0.814. The number of rotatable bonds is 4. The highest BCUT2D eigenvalue weighted by atomic mass is 35.5. The van der Waals surface area contributed by atoms with E-state index >= 15 is 0 Å². The molecular formula is C22H20ClN3O3. The first-order valence-electron chi connectivity index (χ1n) is 9.20. The van der Waals surface area contributed by atoms with Gasteiger partial charge in [0, 0.05) is 17.0 Å². The number of para-hydroxylation sites is 3. The van der Waals surface area contributed by atoms with Crippen molar-refractivity contribution in [3.63, 3.8) is 0 Å². The average molecular weight is 410 g/mol. The van der Waals surface area contributed by atoms with Crippen LogP contribution in [0.2, 0.25) is 5.02 Å². The van der Waals surface area contributed by atoms with Gasteiger partial charge >= 0.3 is 0 Å². The van der Waals surface area contributed by atoms with Crippen LogP contribution in [0, 0.1) is 13.8 Å². The summed E-state index contributed by atoms with van der Waals surface area (Å²) in [4.78, 5) is 12.4. The highest BCUT2D eigenvalue weighted by Gasteiger charge is 2.27. The molecule has 1 unspecified atom stereocenters. The highest BCUT2D eigenvalue weighted by Crippen LogP contribution is 2.31. The fraction of sp³-hybridized carbons (Fsp3) is 0.182. The molecule has 1 aromatic heterocycles. The zero-order valence-corrected chi connectivity index (χ0v) is 16.8. The largest absolute Gasteiger partial charge is 0.485 e. The Morgan fingerprint density at radius 1 is 1.17 bits per heavy atom. The Balaban J connectivity index is 1.46.